The summed E-state index contributed by atoms with van der Waals surface area (Å²) in [7, 11) is 0.729. The van der Waals surface area contributed by atoms with Crippen LogP contribution in [-0.4, -0.2) is 26.9 Å². The van der Waals surface area contributed by atoms with Crippen LogP contribution >= 0.6 is 0 Å². The van der Waals surface area contributed by atoms with E-state index in [1.807, 2.05) is 51.1 Å². The van der Waals surface area contributed by atoms with Gasteiger partial charge in [-0.25, -0.2) is 4.79 Å². The molecule has 0 aliphatic rings. The molecule has 1 heterocycles. The van der Waals surface area contributed by atoms with E-state index < -0.39 is 10.8 Å². The molecule has 0 unspecified atom stereocenters. The molecule has 24 heavy (non-hydrogen) atoms. The predicted molar refractivity (Wildman–Crippen MR) is 97.2 cm³/mol. The lowest BCUT2D eigenvalue weighted by atomic mass is 10.2. The summed E-state index contributed by atoms with van der Waals surface area (Å²) in [6, 6.07) is 10.9. The van der Waals surface area contributed by atoms with Crippen LogP contribution in [0.2, 0.25) is 0 Å². The number of amides is 2. The molecule has 2 amide bonds. The third kappa shape index (κ3) is 5.23. The maximum atomic E-state index is 12.3. The zero-order valence-electron chi connectivity index (χ0n) is 14.5. The molecule has 1 atom stereocenters. The van der Waals surface area contributed by atoms with E-state index in [1.165, 1.54) is 0 Å². The number of hydrogen-bond donors (Lipinski definition) is 1. The largest absolute Gasteiger partial charge is 0.467 e. The van der Waals surface area contributed by atoms with E-state index in [2.05, 4.69) is 5.32 Å². The summed E-state index contributed by atoms with van der Waals surface area (Å²) < 4.78 is 17.2. The molecule has 0 radical (unpaired) electrons. The molecule has 0 saturated heterocycles. The number of benzene rings is 1. The minimum Gasteiger partial charge on any atom is -0.467 e. The molecule has 5 nitrogen and oxygen atoms in total. The standard InChI is InChI=1S/C18H24N2O3S/c1-18(2,3)24(22)13-14-7-5-8-15(11-14)19-17(21)20(4)12-16-9-6-10-23-16/h5-11H,12-13H2,1-4H3,(H,19,21)/t24-/m1/s1. The Morgan fingerprint density at radius 2 is 2.00 bits per heavy atom. The Kier molecular flexibility index (Phi) is 5.83. The minimum atomic E-state index is -0.975. The lowest BCUT2D eigenvalue weighted by Crippen LogP contribution is -2.30. The van der Waals surface area contributed by atoms with E-state index in [1.54, 1.807) is 24.3 Å². The van der Waals surface area contributed by atoms with Gasteiger partial charge in [0.05, 0.1) is 12.8 Å². The second-order valence-electron chi connectivity index (χ2n) is 6.67. The summed E-state index contributed by atoms with van der Waals surface area (Å²) in [5.74, 6) is 1.19. The fourth-order valence-corrected chi connectivity index (χ4v) is 2.95. The first-order chi connectivity index (χ1) is 11.3. The van der Waals surface area contributed by atoms with E-state index >= 15 is 0 Å². The molecule has 0 aliphatic heterocycles. The van der Waals surface area contributed by atoms with Gasteiger partial charge in [0.15, 0.2) is 0 Å². The summed E-state index contributed by atoms with van der Waals surface area (Å²) in [4.78, 5) is 13.8. The number of urea groups is 1. The Hall–Kier alpha value is -2.08. The van der Waals surface area contributed by atoms with Crippen molar-refractivity contribution in [2.24, 2.45) is 0 Å². The van der Waals surface area contributed by atoms with Crippen LogP contribution in [0.4, 0.5) is 10.5 Å². The first-order valence-electron chi connectivity index (χ1n) is 7.77. The first kappa shape index (κ1) is 18.3. The number of carbonyl (C=O) groups is 1. The van der Waals surface area contributed by atoms with Gasteiger partial charge in [0.25, 0.3) is 0 Å². The Morgan fingerprint density at radius 1 is 1.25 bits per heavy atom. The fraction of sp³-hybridized carbons (Fsp3) is 0.389. The molecular formula is C18H24N2O3S. The van der Waals surface area contributed by atoms with Crippen molar-refractivity contribution in [1.29, 1.82) is 0 Å². The Labute approximate surface area is 145 Å². The van der Waals surface area contributed by atoms with Gasteiger partial charge >= 0.3 is 6.03 Å². The SMILES string of the molecule is CN(Cc1ccco1)C(=O)Nc1cccc(C[S@@](=O)C(C)(C)C)c1. The van der Waals surface area contributed by atoms with Crippen LogP contribution in [0, 0.1) is 0 Å². The van der Waals surface area contributed by atoms with Crippen LogP contribution in [0.1, 0.15) is 32.1 Å². The number of carbonyl (C=O) groups excluding carboxylic acids is 1. The van der Waals surface area contributed by atoms with Gasteiger partial charge in [0.1, 0.15) is 5.76 Å². The van der Waals surface area contributed by atoms with Crippen molar-refractivity contribution >= 4 is 22.5 Å². The van der Waals surface area contributed by atoms with E-state index in [0.29, 0.717) is 18.0 Å². The molecule has 0 bridgehead atoms. The summed E-state index contributed by atoms with van der Waals surface area (Å²) in [5, 5.41) is 2.85. The molecule has 0 saturated carbocycles. The van der Waals surface area contributed by atoms with Crippen LogP contribution < -0.4 is 5.32 Å². The van der Waals surface area contributed by atoms with Gasteiger partial charge in [-0.15, -0.1) is 0 Å². The highest BCUT2D eigenvalue weighted by molar-refractivity contribution is 7.85. The highest BCUT2D eigenvalue weighted by atomic mass is 32.2. The van der Waals surface area contributed by atoms with Gasteiger partial charge < -0.3 is 14.6 Å². The Morgan fingerprint density at radius 3 is 2.62 bits per heavy atom. The molecule has 1 N–H and O–H groups in total. The van der Waals surface area contributed by atoms with Crippen LogP contribution in [0.3, 0.4) is 0 Å². The normalized spacial score (nSPS) is 12.7. The number of rotatable bonds is 5. The van der Waals surface area contributed by atoms with Crippen molar-refractivity contribution in [3.8, 4) is 0 Å². The van der Waals surface area contributed by atoms with Crippen molar-refractivity contribution in [3.05, 3.63) is 54.0 Å². The zero-order valence-corrected chi connectivity index (χ0v) is 15.4. The highest BCUT2D eigenvalue weighted by Crippen LogP contribution is 2.19. The van der Waals surface area contributed by atoms with Gasteiger partial charge in [-0.1, -0.05) is 12.1 Å². The maximum absolute atomic E-state index is 12.3. The third-order valence-electron chi connectivity index (χ3n) is 3.48. The van der Waals surface area contributed by atoms with Gasteiger partial charge in [-0.2, -0.15) is 0 Å². The number of nitrogens with zero attached hydrogens (tertiary/aromatic N) is 1. The quantitative estimate of drug-likeness (QED) is 0.888. The second-order valence-corrected chi connectivity index (χ2v) is 8.87. The molecule has 2 rings (SSSR count). The van der Waals surface area contributed by atoms with Crippen molar-refractivity contribution in [2.75, 3.05) is 12.4 Å². The van der Waals surface area contributed by atoms with E-state index in [4.69, 9.17) is 4.42 Å². The summed E-state index contributed by atoms with van der Waals surface area (Å²) in [6.07, 6.45) is 1.58. The summed E-state index contributed by atoms with van der Waals surface area (Å²) in [6.45, 7) is 6.27. The monoisotopic (exact) mass is 348 g/mol. The molecule has 0 fully saturated rings. The summed E-state index contributed by atoms with van der Waals surface area (Å²) >= 11 is 0. The molecule has 0 spiro atoms. The number of furan rings is 1. The molecule has 0 aliphatic carbocycles. The predicted octanol–water partition coefficient (Wildman–Crippen LogP) is 3.99. The molecule has 6 heteroatoms. The van der Waals surface area contributed by atoms with Crippen molar-refractivity contribution in [2.45, 2.75) is 37.8 Å². The fourth-order valence-electron chi connectivity index (χ4n) is 2.03. The first-order valence-corrected chi connectivity index (χ1v) is 9.09. The average Bonchev–Trinajstić information content (AvgIpc) is 2.99. The minimum absolute atomic E-state index is 0.222. The zero-order chi connectivity index (χ0) is 17.7. The van der Waals surface area contributed by atoms with Crippen molar-refractivity contribution in [1.82, 2.24) is 4.90 Å². The van der Waals surface area contributed by atoms with Crippen LogP contribution in [-0.2, 0) is 23.1 Å². The van der Waals surface area contributed by atoms with Crippen LogP contribution in [0.25, 0.3) is 0 Å². The molecule has 1 aromatic carbocycles. The third-order valence-corrected chi connectivity index (χ3v) is 5.44. The van der Waals surface area contributed by atoms with Gasteiger partial charge in [0, 0.05) is 34.0 Å². The smallest absolute Gasteiger partial charge is 0.321 e. The topological polar surface area (TPSA) is 62.6 Å². The Balaban J connectivity index is 1.98. The van der Waals surface area contributed by atoms with Crippen LogP contribution in [0.15, 0.2) is 47.1 Å². The van der Waals surface area contributed by atoms with Crippen LogP contribution in [0.5, 0.6) is 0 Å². The summed E-state index contributed by atoms with van der Waals surface area (Å²) in [5.41, 5.74) is 1.63. The van der Waals surface area contributed by atoms with Gasteiger partial charge in [0.2, 0.25) is 0 Å². The number of anilines is 1. The molecule has 1 aromatic heterocycles. The van der Waals surface area contributed by atoms with E-state index in [-0.39, 0.29) is 10.8 Å². The average molecular weight is 348 g/mol. The lowest BCUT2D eigenvalue weighted by molar-refractivity contribution is 0.217. The van der Waals surface area contributed by atoms with Gasteiger partial charge in [-0.05, 0) is 50.6 Å². The van der Waals surface area contributed by atoms with Crippen molar-refractivity contribution in [3.63, 3.8) is 0 Å². The molecule has 130 valence electrons. The number of hydrogen-bond acceptors (Lipinski definition) is 3. The molecular weight excluding hydrogens is 324 g/mol. The number of nitrogens with one attached hydrogen (secondary N) is 1. The van der Waals surface area contributed by atoms with E-state index in [9.17, 15) is 9.00 Å². The van der Waals surface area contributed by atoms with Crippen molar-refractivity contribution < 1.29 is 13.4 Å². The highest BCUT2D eigenvalue weighted by Gasteiger charge is 2.19. The Bertz CT molecular complexity index is 705. The molecule has 2 aromatic rings. The maximum Gasteiger partial charge on any atom is 0.321 e. The van der Waals surface area contributed by atoms with Gasteiger partial charge in [-0.3, -0.25) is 4.21 Å². The van der Waals surface area contributed by atoms with E-state index in [0.717, 1.165) is 11.3 Å². The lowest BCUT2D eigenvalue weighted by Gasteiger charge is -2.19. The second kappa shape index (κ2) is 7.66.